The van der Waals surface area contributed by atoms with Crippen molar-refractivity contribution in [3.8, 4) is 0 Å². The van der Waals surface area contributed by atoms with Gasteiger partial charge in [-0.1, -0.05) is 13.0 Å². The number of methoxy groups -OCH3 is 1. The summed E-state index contributed by atoms with van der Waals surface area (Å²) in [5.74, 6) is 1.51. The lowest BCUT2D eigenvalue weighted by molar-refractivity contribution is 0.176. The summed E-state index contributed by atoms with van der Waals surface area (Å²) in [6, 6.07) is 11.9. The number of H-pyrrole nitrogens is 1. The zero-order chi connectivity index (χ0) is 21.6. The molecule has 0 aliphatic heterocycles. The molecule has 0 saturated heterocycles. The van der Waals surface area contributed by atoms with Crippen molar-refractivity contribution >= 4 is 10.9 Å². The molecule has 3 heterocycles. The molecule has 0 saturated carbocycles. The molecule has 3 aromatic heterocycles. The van der Waals surface area contributed by atoms with Gasteiger partial charge in [0, 0.05) is 24.7 Å². The molecule has 1 N–H and O–H groups in total. The molecule has 0 unspecified atom stereocenters. The topological polar surface area (TPSA) is 102 Å². The number of aromatic amines is 1. The number of nitrogens with one attached hydrogen (secondary N) is 1. The minimum atomic E-state index is -0.0971. The molecule has 0 radical (unpaired) electrons. The van der Waals surface area contributed by atoms with E-state index in [0.717, 1.165) is 23.1 Å². The van der Waals surface area contributed by atoms with Crippen molar-refractivity contribution in [2.24, 2.45) is 0 Å². The molecule has 0 fully saturated rings. The highest BCUT2D eigenvalue weighted by atomic mass is 16.5. The van der Waals surface area contributed by atoms with Crippen LogP contribution in [0.1, 0.15) is 29.6 Å². The number of fused-ring (bicyclic) bond motifs is 1. The van der Waals surface area contributed by atoms with E-state index in [0.29, 0.717) is 44.2 Å². The van der Waals surface area contributed by atoms with Crippen LogP contribution in [0.2, 0.25) is 0 Å². The summed E-state index contributed by atoms with van der Waals surface area (Å²) in [6.45, 7) is 4.61. The van der Waals surface area contributed by atoms with Crippen LogP contribution in [-0.2, 0) is 37.3 Å². The van der Waals surface area contributed by atoms with E-state index in [1.807, 2.05) is 30.3 Å². The number of nitrogens with zero attached hydrogens (tertiary/aromatic N) is 5. The van der Waals surface area contributed by atoms with Crippen LogP contribution >= 0.6 is 0 Å². The van der Waals surface area contributed by atoms with Crippen molar-refractivity contribution in [3.05, 3.63) is 75.7 Å². The van der Waals surface area contributed by atoms with Gasteiger partial charge in [-0.05, 0) is 58.1 Å². The summed E-state index contributed by atoms with van der Waals surface area (Å²) in [5.41, 5.74) is 2.66. The zero-order valence-electron chi connectivity index (χ0n) is 17.7. The van der Waals surface area contributed by atoms with E-state index >= 15 is 0 Å². The molecule has 4 aromatic rings. The summed E-state index contributed by atoms with van der Waals surface area (Å²) in [6.07, 6.45) is 2.59. The molecule has 31 heavy (non-hydrogen) atoms. The van der Waals surface area contributed by atoms with Gasteiger partial charge in [0.15, 0.2) is 5.82 Å². The van der Waals surface area contributed by atoms with Gasteiger partial charge in [0.2, 0.25) is 0 Å². The molecule has 0 atom stereocenters. The fourth-order valence-electron chi connectivity index (χ4n) is 3.56. The fraction of sp³-hybridized carbons (Fsp3) is 0.364. The lowest BCUT2D eigenvalue weighted by atomic mass is 10.1. The van der Waals surface area contributed by atoms with E-state index in [-0.39, 0.29) is 5.56 Å². The molecule has 0 bridgehead atoms. The lowest BCUT2D eigenvalue weighted by Crippen LogP contribution is -2.28. The normalized spacial score (nSPS) is 11.6. The smallest absolute Gasteiger partial charge is 0.252 e. The Morgan fingerprint density at radius 2 is 2.10 bits per heavy atom. The van der Waals surface area contributed by atoms with Crippen molar-refractivity contribution in [2.45, 2.75) is 39.5 Å². The second kappa shape index (κ2) is 9.67. The molecule has 0 spiro atoms. The molecule has 9 heteroatoms. The Balaban J connectivity index is 1.62. The number of benzene rings is 1. The van der Waals surface area contributed by atoms with E-state index in [4.69, 9.17) is 9.15 Å². The number of tetrazole rings is 1. The van der Waals surface area contributed by atoms with Crippen LogP contribution in [-0.4, -0.2) is 43.8 Å². The molecule has 4 rings (SSSR count). The minimum absolute atomic E-state index is 0.0971. The first-order valence-electron chi connectivity index (χ1n) is 10.3. The molecule has 9 nitrogen and oxygen atoms in total. The Hall–Kier alpha value is -3.30. The van der Waals surface area contributed by atoms with Crippen LogP contribution in [0.3, 0.4) is 0 Å². The maximum Gasteiger partial charge on any atom is 0.252 e. The first-order valence-corrected chi connectivity index (χ1v) is 10.3. The largest absolute Gasteiger partial charge is 0.468 e. The monoisotopic (exact) mass is 422 g/mol. The summed E-state index contributed by atoms with van der Waals surface area (Å²) in [7, 11) is 1.64. The van der Waals surface area contributed by atoms with Crippen LogP contribution in [0.4, 0.5) is 0 Å². The second-order valence-corrected chi connectivity index (χ2v) is 7.43. The van der Waals surface area contributed by atoms with Gasteiger partial charge in [-0.3, -0.25) is 9.69 Å². The number of rotatable bonds is 10. The molecule has 0 aliphatic carbocycles. The highest BCUT2D eigenvalue weighted by Crippen LogP contribution is 2.17. The lowest BCUT2D eigenvalue weighted by Gasteiger charge is -2.20. The molecule has 162 valence electrons. The number of aryl methyl sites for hydroxylation is 1. The van der Waals surface area contributed by atoms with E-state index in [9.17, 15) is 4.79 Å². The third-order valence-corrected chi connectivity index (χ3v) is 5.23. The zero-order valence-corrected chi connectivity index (χ0v) is 17.7. The first-order chi connectivity index (χ1) is 15.2. The highest BCUT2D eigenvalue weighted by molar-refractivity contribution is 5.79. The average molecular weight is 422 g/mol. The maximum atomic E-state index is 12.8. The number of pyridine rings is 1. The van der Waals surface area contributed by atoms with Gasteiger partial charge in [0.25, 0.3) is 5.56 Å². The van der Waals surface area contributed by atoms with Gasteiger partial charge in [0.05, 0.1) is 32.5 Å². The molecule has 0 aliphatic rings. The predicted octanol–water partition coefficient (Wildman–Crippen LogP) is 2.52. The van der Waals surface area contributed by atoms with Crippen molar-refractivity contribution in [3.63, 3.8) is 0 Å². The van der Waals surface area contributed by atoms with Gasteiger partial charge in [-0.15, -0.1) is 5.10 Å². The fourth-order valence-corrected chi connectivity index (χ4v) is 3.56. The van der Waals surface area contributed by atoms with Gasteiger partial charge in [-0.2, -0.15) is 0 Å². The van der Waals surface area contributed by atoms with Crippen molar-refractivity contribution in [1.82, 2.24) is 30.1 Å². The molecule has 1 aromatic carbocycles. The van der Waals surface area contributed by atoms with Crippen LogP contribution in [0.15, 0.2) is 51.9 Å². The standard InChI is InChI=1S/C22H26N6O3/c1-3-16-6-7-20-17(11-16)12-18(22(29)23-20)13-27(14-19-5-4-9-31-19)15-21-24-25-26-28(21)8-10-30-2/h4-7,9,11-12H,3,8,10,13-15H2,1-2H3,(H,23,29). The summed E-state index contributed by atoms with van der Waals surface area (Å²) >= 11 is 0. The SMILES string of the molecule is CCc1ccc2[nH]c(=O)c(CN(Cc3ccco3)Cc3nnnn3CCOC)cc2c1. The highest BCUT2D eigenvalue weighted by Gasteiger charge is 2.16. The minimum Gasteiger partial charge on any atom is -0.468 e. The van der Waals surface area contributed by atoms with Crippen molar-refractivity contribution < 1.29 is 9.15 Å². The van der Waals surface area contributed by atoms with Gasteiger partial charge in [-0.25, -0.2) is 4.68 Å². The van der Waals surface area contributed by atoms with Crippen molar-refractivity contribution in [2.75, 3.05) is 13.7 Å². The Labute approximate surface area is 179 Å². The quantitative estimate of drug-likeness (QED) is 0.419. The number of furan rings is 1. The Bertz CT molecular complexity index is 1180. The Morgan fingerprint density at radius 3 is 2.87 bits per heavy atom. The van der Waals surface area contributed by atoms with Crippen LogP contribution in [0.5, 0.6) is 0 Å². The number of hydrogen-bond donors (Lipinski definition) is 1. The van der Waals surface area contributed by atoms with Crippen LogP contribution in [0, 0.1) is 0 Å². The number of hydrogen-bond acceptors (Lipinski definition) is 7. The van der Waals surface area contributed by atoms with E-state index < -0.39 is 0 Å². The summed E-state index contributed by atoms with van der Waals surface area (Å²) in [4.78, 5) is 17.9. The Morgan fingerprint density at radius 1 is 1.19 bits per heavy atom. The predicted molar refractivity (Wildman–Crippen MR) is 115 cm³/mol. The third-order valence-electron chi connectivity index (χ3n) is 5.23. The Kier molecular flexibility index (Phi) is 6.54. The van der Waals surface area contributed by atoms with Crippen LogP contribution in [0.25, 0.3) is 10.9 Å². The first kappa shape index (κ1) is 21.0. The summed E-state index contributed by atoms with van der Waals surface area (Å²) in [5, 5.41) is 13.0. The van der Waals surface area contributed by atoms with Gasteiger partial charge in [0.1, 0.15) is 5.76 Å². The van der Waals surface area contributed by atoms with E-state index in [1.165, 1.54) is 5.56 Å². The third kappa shape index (κ3) is 5.07. The van der Waals surface area contributed by atoms with E-state index in [2.05, 4.69) is 38.4 Å². The van der Waals surface area contributed by atoms with Gasteiger partial charge >= 0.3 is 0 Å². The van der Waals surface area contributed by atoms with Crippen LogP contribution < -0.4 is 5.56 Å². The molecular formula is C22H26N6O3. The van der Waals surface area contributed by atoms with E-state index in [1.54, 1.807) is 18.1 Å². The number of aromatic nitrogens is 5. The maximum absolute atomic E-state index is 12.8. The molecular weight excluding hydrogens is 396 g/mol. The molecule has 0 amide bonds. The van der Waals surface area contributed by atoms with Gasteiger partial charge < -0.3 is 14.1 Å². The summed E-state index contributed by atoms with van der Waals surface area (Å²) < 4.78 is 12.4. The van der Waals surface area contributed by atoms with Crippen molar-refractivity contribution in [1.29, 1.82) is 0 Å². The second-order valence-electron chi connectivity index (χ2n) is 7.43. The number of ether oxygens (including phenoxy) is 1. The average Bonchev–Trinajstić information content (AvgIpc) is 3.44.